The molecule has 1 aromatic rings. The Balaban J connectivity index is 2.15. The van der Waals surface area contributed by atoms with Gasteiger partial charge in [-0.15, -0.1) is 11.6 Å². The van der Waals surface area contributed by atoms with E-state index in [-0.39, 0.29) is 5.75 Å². The first-order chi connectivity index (χ1) is 9.12. The van der Waals surface area contributed by atoms with Crippen LogP contribution >= 0.6 is 11.6 Å². The van der Waals surface area contributed by atoms with Gasteiger partial charge in [-0.2, -0.15) is 0 Å². The van der Waals surface area contributed by atoms with Crippen LogP contribution in [0.3, 0.4) is 0 Å². The number of nitrogens with zero attached hydrogens (tertiary/aromatic N) is 2. The van der Waals surface area contributed by atoms with Gasteiger partial charge in [0.05, 0.1) is 11.4 Å². The fraction of sp³-hybridized carbons (Fsp3) is 0.583. The molecule has 1 aliphatic heterocycles. The molecule has 5 nitrogen and oxygen atoms in total. The number of sulfonamides is 1. The summed E-state index contributed by atoms with van der Waals surface area (Å²) in [6.07, 6.45) is 4.37. The normalized spacial score (nSPS) is 15.7. The molecule has 7 heteroatoms. The van der Waals surface area contributed by atoms with Crippen LogP contribution in [-0.4, -0.2) is 38.1 Å². The fourth-order valence-electron chi connectivity index (χ4n) is 2.12. The van der Waals surface area contributed by atoms with E-state index in [1.165, 1.54) is 0 Å². The Morgan fingerprint density at radius 1 is 1.37 bits per heavy atom. The maximum absolute atomic E-state index is 11.9. The van der Waals surface area contributed by atoms with Crippen LogP contribution in [0, 0.1) is 0 Å². The molecule has 106 valence electrons. The highest BCUT2D eigenvalue weighted by molar-refractivity contribution is 7.92. The van der Waals surface area contributed by atoms with Crippen LogP contribution < -0.4 is 9.62 Å². The predicted molar refractivity (Wildman–Crippen MR) is 78.4 cm³/mol. The number of halogens is 1. The molecule has 0 atom stereocenters. The molecule has 19 heavy (non-hydrogen) atoms. The van der Waals surface area contributed by atoms with Crippen LogP contribution in [0.25, 0.3) is 0 Å². The summed E-state index contributed by atoms with van der Waals surface area (Å²) in [5.74, 6) is 1.09. The van der Waals surface area contributed by atoms with Crippen molar-refractivity contribution in [3.8, 4) is 0 Å². The summed E-state index contributed by atoms with van der Waals surface area (Å²) in [6.45, 7) is 1.85. The van der Waals surface area contributed by atoms with Crippen LogP contribution in [0.1, 0.15) is 19.3 Å². The Kier molecular flexibility index (Phi) is 4.87. The zero-order valence-electron chi connectivity index (χ0n) is 10.7. The lowest BCUT2D eigenvalue weighted by Gasteiger charge is -2.20. The number of pyridine rings is 1. The van der Waals surface area contributed by atoms with Crippen molar-refractivity contribution in [2.45, 2.75) is 19.3 Å². The fourth-order valence-corrected chi connectivity index (χ4v) is 3.53. The van der Waals surface area contributed by atoms with E-state index in [0.29, 0.717) is 18.0 Å². The summed E-state index contributed by atoms with van der Waals surface area (Å²) < 4.78 is 26.4. The molecular formula is C12H18ClN3O2S. The van der Waals surface area contributed by atoms with Crippen molar-refractivity contribution < 1.29 is 8.42 Å². The molecule has 0 radical (unpaired) electrons. The third-order valence-electron chi connectivity index (χ3n) is 3.00. The molecule has 1 aliphatic rings. The van der Waals surface area contributed by atoms with Crippen molar-refractivity contribution in [3.63, 3.8) is 0 Å². The molecule has 1 aromatic heterocycles. The van der Waals surface area contributed by atoms with Gasteiger partial charge in [-0.05, 0) is 31.4 Å². The van der Waals surface area contributed by atoms with Gasteiger partial charge in [-0.25, -0.2) is 13.4 Å². The van der Waals surface area contributed by atoms with E-state index in [1.54, 1.807) is 18.3 Å². The van der Waals surface area contributed by atoms with Crippen molar-refractivity contribution in [1.29, 1.82) is 0 Å². The second-order valence-corrected chi connectivity index (χ2v) is 6.75. The number of hydrogen-bond acceptors (Lipinski definition) is 4. The smallest absolute Gasteiger partial charge is 0.232 e. The lowest BCUT2D eigenvalue weighted by atomic mass is 10.4. The average Bonchev–Trinajstić information content (AvgIpc) is 2.90. The van der Waals surface area contributed by atoms with Crippen LogP contribution in [-0.2, 0) is 10.0 Å². The van der Waals surface area contributed by atoms with Crippen molar-refractivity contribution in [3.05, 3.63) is 18.3 Å². The average molecular weight is 304 g/mol. The molecule has 0 spiro atoms. The second kappa shape index (κ2) is 6.43. The molecule has 0 aromatic carbocycles. The van der Waals surface area contributed by atoms with Gasteiger partial charge in [0.1, 0.15) is 0 Å². The van der Waals surface area contributed by atoms with E-state index in [0.717, 1.165) is 31.7 Å². The Labute approximate surface area is 119 Å². The molecule has 0 aliphatic carbocycles. The zero-order valence-corrected chi connectivity index (χ0v) is 12.3. The van der Waals surface area contributed by atoms with E-state index in [9.17, 15) is 8.42 Å². The highest BCUT2D eigenvalue weighted by Gasteiger charge is 2.19. The van der Waals surface area contributed by atoms with Gasteiger partial charge < -0.3 is 4.90 Å². The summed E-state index contributed by atoms with van der Waals surface area (Å²) >= 11 is 5.53. The molecule has 0 bridgehead atoms. The number of aromatic nitrogens is 1. The van der Waals surface area contributed by atoms with Crippen LogP contribution in [0.15, 0.2) is 18.3 Å². The summed E-state index contributed by atoms with van der Waals surface area (Å²) in [7, 11) is -3.35. The quantitative estimate of drug-likeness (QED) is 0.817. The monoisotopic (exact) mass is 303 g/mol. The third-order valence-corrected chi connectivity index (χ3v) is 4.63. The number of hydrogen-bond donors (Lipinski definition) is 1. The highest BCUT2D eigenvalue weighted by Crippen LogP contribution is 2.26. The van der Waals surface area contributed by atoms with Crippen LogP contribution in [0.5, 0.6) is 0 Å². The maximum Gasteiger partial charge on any atom is 0.232 e. The minimum atomic E-state index is -3.35. The lowest BCUT2D eigenvalue weighted by Crippen LogP contribution is -2.23. The highest BCUT2D eigenvalue weighted by atomic mass is 35.5. The lowest BCUT2D eigenvalue weighted by molar-refractivity contribution is 0.600. The Morgan fingerprint density at radius 3 is 2.79 bits per heavy atom. The molecule has 0 unspecified atom stereocenters. The molecule has 1 saturated heterocycles. The minimum Gasteiger partial charge on any atom is -0.355 e. The van der Waals surface area contributed by atoms with Gasteiger partial charge in [-0.3, -0.25) is 4.72 Å². The number of alkyl halides is 1. The largest absolute Gasteiger partial charge is 0.355 e. The van der Waals surface area contributed by atoms with E-state index in [4.69, 9.17) is 11.6 Å². The van der Waals surface area contributed by atoms with E-state index >= 15 is 0 Å². The van der Waals surface area contributed by atoms with Gasteiger partial charge in [-0.1, -0.05) is 0 Å². The summed E-state index contributed by atoms with van der Waals surface area (Å²) in [5.41, 5.74) is 0.555. The van der Waals surface area contributed by atoms with Crippen molar-refractivity contribution >= 4 is 33.1 Å². The molecule has 2 rings (SSSR count). The number of anilines is 2. The van der Waals surface area contributed by atoms with Gasteiger partial charge in [0.15, 0.2) is 5.82 Å². The van der Waals surface area contributed by atoms with E-state index in [2.05, 4.69) is 14.6 Å². The van der Waals surface area contributed by atoms with Crippen LogP contribution in [0.4, 0.5) is 11.5 Å². The first-order valence-electron chi connectivity index (χ1n) is 6.39. The van der Waals surface area contributed by atoms with Crippen molar-refractivity contribution in [1.82, 2.24) is 4.98 Å². The van der Waals surface area contributed by atoms with Crippen molar-refractivity contribution in [2.75, 3.05) is 34.3 Å². The molecule has 0 saturated carbocycles. The van der Waals surface area contributed by atoms with Gasteiger partial charge in [0.25, 0.3) is 0 Å². The molecular weight excluding hydrogens is 286 g/mol. The summed E-state index contributed by atoms with van der Waals surface area (Å²) in [6, 6.07) is 3.48. The summed E-state index contributed by atoms with van der Waals surface area (Å²) in [4.78, 5) is 6.41. The Hall–Kier alpha value is -1.01. The Morgan fingerprint density at radius 2 is 2.11 bits per heavy atom. The summed E-state index contributed by atoms with van der Waals surface area (Å²) in [5, 5.41) is 0. The van der Waals surface area contributed by atoms with Gasteiger partial charge in [0.2, 0.25) is 10.0 Å². The van der Waals surface area contributed by atoms with Gasteiger partial charge >= 0.3 is 0 Å². The first kappa shape index (κ1) is 14.4. The molecule has 2 heterocycles. The SMILES string of the molecule is O=S(=O)(CCCCl)Nc1cccnc1N1CCCC1. The van der Waals surface area contributed by atoms with E-state index in [1.807, 2.05) is 0 Å². The second-order valence-electron chi connectivity index (χ2n) is 4.53. The number of rotatable bonds is 6. The molecule has 1 N–H and O–H groups in total. The molecule has 1 fully saturated rings. The predicted octanol–water partition coefficient (Wildman–Crippen LogP) is 2.05. The first-order valence-corrected chi connectivity index (χ1v) is 8.57. The minimum absolute atomic E-state index is 0.0326. The maximum atomic E-state index is 11.9. The standard InChI is InChI=1S/C12H18ClN3O2S/c13-6-4-10-19(17,18)15-11-5-3-7-14-12(11)16-8-1-2-9-16/h3,5,7,15H,1-2,4,6,8-10H2. The third kappa shape index (κ3) is 3.98. The number of nitrogens with one attached hydrogen (secondary N) is 1. The van der Waals surface area contributed by atoms with Gasteiger partial charge in [0, 0.05) is 25.2 Å². The topological polar surface area (TPSA) is 62.3 Å². The van der Waals surface area contributed by atoms with Crippen molar-refractivity contribution in [2.24, 2.45) is 0 Å². The van der Waals surface area contributed by atoms with Crippen LogP contribution in [0.2, 0.25) is 0 Å². The van der Waals surface area contributed by atoms with E-state index < -0.39 is 10.0 Å². The zero-order chi connectivity index (χ0) is 13.7. The molecule has 0 amide bonds. The Bertz CT molecular complexity index is 515.